The third kappa shape index (κ3) is 3.34. The summed E-state index contributed by atoms with van der Waals surface area (Å²) in [6, 6.07) is 4.80. The second-order valence-electron chi connectivity index (χ2n) is 4.43. The van der Waals surface area contributed by atoms with E-state index in [2.05, 4.69) is 5.32 Å². The lowest BCUT2D eigenvalue weighted by molar-refractivity contribution is 0.616. The van der Waals surface area contributed by atoms with Crippen molar-refractivity contribution >= 4 is 5.69 Å². The molecule has 1 aromatic rings. The largest absolute Gasteiger partial charge is 0.380 e. The number of nitrogens with one attached hydrogen (secondary N) is 1. The zero-order valence-electron chi connectivity index (χ0n) is 8.89. The number of nitrogens with two attached hydrogens (primary N) is 1. The fourth-order valence-corrected chi connectivity index (χ4v) is 1.27. The smallest absolute Gasteiger partial charge is 0.125 e. The Morgan fingerprint density at radius 1 is 1.29 bits per heavy atom. The Morgan fingerprint density at radius 3 is 2.43 bits per heavy atom. The van der Waals surface area contributed by atoms with Crippen molar-refractivity contribution in [2.45, 2.75) is 32.9 Å². The molecule has 1 rings (SSSR count). The molecule has 3 heteroatoms. The lowest BCUT2D eigenvalue weighted by Crippen LogP contribution is -2.26. The summed E-state index contributed by atoms with van der Waals surface area (Å²) in [5.41, 5.74) is 6.97. The van der Waals surface area contributed by atoms with Gasteiger partial charge in [-0.15, -0.1) is 0 Å². The molecule has 0 heterocycles. The van der Waals surface area contributed by atoms with E-state index in [0.29, 0.717) is 6.54 Å². The monoisotopic (exact) mass is 196 g/mol. The molecule has 0 fully saturated rings. The summed E-state index contributed by atoms with van der Waals surface area (Å²) in [6.07, 6.45) is 0. The number of hydrogen-bond acceptors (Lipinski definition) is 2. The minimum absolute atomic E-state index is 0.0698. The number of benzene rings is 1. The minimum Gasteiger partial charge on any atom is -0.380 e. The minimum atomic E-state index is -0.250. The zero-order chi connectivity index (χ0) is 10.8. The van der Waals surface area contributed by atoms with Gasteiger partial charge in [-0.2, -0.15) is 0 Å². The van der Waals surface area contributed by atoms with Crippen molar-refractivity contribution in [2.75, 3.05) is 5.32 Å². The van der Waals surface area contributed by atoms with Crippen LogP contribution in [0.25, 0.3) is 0 Å². The van der Waals surface area contributed by atoms with Crippen LogP contribution in [0.4, 0.5) is 10.1 Å². The average Bonchev–Trinajstić information content (AvgIpc) is 1.99. The first-order valence-electron chi connectivity index (χ1n) is 4.68. The highest BCUT2D eigenvalue weighted by Gasteiger charge is 2.10. The van der Waals surface area contributed by atoms with Crippen molar-refractivity contribution < 1.29 is 4.39 Å². The molecule has 2 nitrogen and oxygen atoms in total. The van der Waals surface area contributed by atoms with E-state index in [9.17, 15) is 4.39 Å². The summed E-state index contributed by atoms with van der Waals surface area (Å²) in [7, 11) is 0. The molecular weight excluding hydrogens is 179 g/mol. The third-order valence-electron chi connectivity index (χ3n) is 1.71. The van der Waals surface area contributed by atoms with E-state index < -0.39 is 0 Å². The van der Waals surface area contributed by atoms with Crippen molar-refractivity contribution in [1.29, 1.82) is 0 Å². The molecule has 14 heavy (non-hydrogen) atoms. The van der Waals surface area contributed by atoms with Gasteiger partial charge in [-0.05, 0) is 44.5 Å². The van der Waals surface area contributed by atoms with E-state index in [1.165, 1.54) is 12.1 Å². The van der Waals surface area contributed by atoms with Crippen LogP contribution in [0.3, 0.4) is 0 Å². The van der Waals surface area contributed by atoms with E-state index in [1.807, 2.05) is 26.8 Å². The molecule has 1 aromatic carbocycles. The van der Waals surface area contributed by atoms with Crippen LogP contribution >= 0.6 is 0 Å². The molecule has 0 saturated heterocycles. The zero-order valence-corrected chi connectivity index (χ0v) is 8.89. The second kappa shape index (κ2) is 3.96. The van der Waals surface area contributed by atoms with Crippen molar-refractivity contribution in [1.82, 2.24) is 0 Å². The SMILES string of the molecule is CC(C)(C)Nc1cc(F)cc(CN)c1. The first kappa shape index (κ1) is 11.0. The Bertz CT molecular complexity index is 316. The summed E-state index contributed by atoms with van der Waals surface area (Å²) in [6.45, 7) is 6.44. The molecule has 0 unspecified atom stereocenters. The van der Waals surface area contributed by atoms with E-state index >= 15 is 0 Å². The first-order valence-corrected chi connectivity index (χ1v) is 4.68. The van der Waals surface area contributed by atoms with E-state index in [1.54, 1.807) is 0 Å². The van der Waals surface area contributed by atoms with Gasteiger partial charge in [-0.1, -0.05) is 0 Å². The van der Waals surface area contributed by atoms with Crippen LogP contribution in [0.2, 0.25) is 0 Å². The standard InChI is InChI=1S/C11H17FN2/c1-11(2,3)14-10-5-8(7-13)4-9(12)6-10/h4-6,14H,7,13H2,1-3H3. The highest BCUT2D eigenvalue weighted by Crippen LogP contribution is 2.18. The van der Waals surface area contributed by atoms with Gasteiger partial charge in [-0.25, -0.2) is 4.39 Å². The summed E-state index contributed by atoms with van der Waals surface area (Å²) in [4.78, 5) is 0. The van der Waals surface area contributed by atoms with Crippen molar-refractivity contribution in [3.05, 3.63) is 29.6 Å². The first-order chi connectivity index (χ1) is 6.40. The maximum atomic E-state index is 13.1. The summed E-state index contributed by atoms with van der Waals surface area (Å²) in [5, 5.41) is 3.20. The molecular formula is C11H17FN2. The summed E-state index contributed by atoms with van der Waals surface area (Å²) in [5.74, 6) is -0.250. The van der Waals surface area contributed by atoms with Gasteiger partial charge < -0.3 is 11.1 Å². The van der Waals surface area contributed by atoms with Crippen molar-refractivity contribution in [3.63, 3.8) is 0 Å². The van der Waals surface area contributed by atoms with Gasteiger partial charge >= 0.3 is 0 Å². The highest BCUT2D eigenvalue weighted by molar-refractivity contribution is 5.47. The maximum absolute atomic E-state index is 13.1. The predicted molar refractivity (Wildman–Crippen MR) is 57.7 cm³/mol. The Hall–Kier alpha value is -1.09. The normalized spacial score (nSPS) is 11.5. The Morgan fingerprint density at radius 2 is 1.93 bits per heavy atom. The molecule has 0 aliphatic carbocycles. The predicted octanol–water partition coefficient (Wildman–Crippen LogP) is 2.49. The van der Waals surface area contributed by atoms with Gasteiger partial charge in [0.1, 0.15) is 5.82 Å². The van der Waals surface area contributed by atoms with Crippen LogP contribution in [0, 0.1) is 5.82 Å². The maximum Gasteiger partial charge on any atom is 0.125 e. The molecule has 0 spiro atoms. The van der Waals surface area contributed by atoms with Crippen molar-refractivity contribution in [2.24, 2.45) is 5.73 Å². The van der Waals surface area contributed by atoms with Gasteiger partial charge in [0, 0.05) is 17.8 Å². The van der Waals surface area contributed by atoms with Gasteiger partial charge in [0.25, 0.3) is 0 Å². The summed E-state index contributed by atoms with van der Waals surface area (Å²) >= 11 is 0. The number of rotatable bonds is 2. The van der Waals surface area contributed by atoms with Crippen LogP contribution in [0.5, 0.6) is 0 Å². The van der Waals surface area contributed by atoms with Crippen LogP contribution in [0.1, 0.15) is 26.3 Å². The van der Waals surface area contributed by atoms with Gasteiger partial charge in [-0.3, -0.25) is 0 Å². The van der Waals surface area contributed by atoms with E-state index in [4.69, 9.17) is 5.73 Å². The molecule has 0 aromatic heterocycles. The Kier molecular flexibility index (Phi) is 3.11. The van der Waals surface area contributed by atoms with E-state index in [0.717, 1.165) is 11.3 Å². The molecule has 0 saturated carbocycles. The summed E-state index contributed by atoms with van der Waals surface area (Å²) < 4.78 is 13.1. The van der Waals surface area contributed by atoms with E-state index in [-0.39, 0.29) is 11.4 Å². The molecule has 0 radical (unpaired) electrons. The van der Waals surface area contributed by atoms with Crippen LogP contribution in [-0.2, 0) is 6.54 Å². The molecule has 0 aliphatic heterocycles. The molecule has 0 bridgehead atoms. The van der Waals surface area contributed by atoms with Crippen LogP contribution in [-0.4, -0.2) is 5.54 Å². The van der Waals surface area contributed by atoms with Gasteiger partial charge in [0.2, 0.25) is 0 Å². The third-order valence-corrected chi connectivity index (χ3v) is 1.71. The topological polar surface area (TPSA) is 38.0 Å². The molecule has 78 valence electrons. The van der Waals surface area contributed by atoms with Crippen LogP contribution in [0.15, 0.2) is 18.2 Å². The fraction of sp³-hybridized carbons (Fsp3) is 0.455. The molecule has 0 aliphatic rings. The molecule has 0 atom stereocenters. The Labute approximate surface area is 84.3 Å². The lowest BCUT2D eigenvalue weighted by Gasteiger charge is -2.22. The fourth-order valence-electron chi connectivity index (χ4n) is 1.27. The quantitative estimate of drug-likeness (QED) is 0.762. The highest BCUT2D eigenvalue weighted by atomic mass is 19.1. The van der Waals surface area contributed by atoms with Crippen LogP contribution < -0.4 is 11.1 Å². The number of hydrogen-bond donors (Lipinski definition) is 2. The van der Waals surface area contributed by atoms with Gasteiger partial charge in [0.15, 0.2) is 0 Å². The molecule has 0 amide bonds. The average molecular weight is 196 g/mol. The van der Waals surface area contributed by atoms with Crippen molar-refractivity contribution in [3.8, 4) is 0 Å². The number of halogens is 1. The number of anilines is 1. The Balaban J connectivity index is 2.92. The lowest BCUT2D eigenvalue weighted by atomic mass is 10.1. The molecule has 3 N–H and O–H groups in total. The second-order valence-corrected chi connectivity index (χ2v) is 4.43. The van der Waals surface area contributed by atoms with Gasteiger partial charge in [0.05, 0.1) is 0 Å².